The third-order valence-corrected chi connectivity index (χ3v) is 6.27. The summed E-state index contributed by atoms with van der Waals surface area (Å²) < 4.78 is 46.5. The number of hydrogen-bond donors (Lipinski definition) is 1. The van der Waals surface area contributed by atoms with Gasteiger partial charge in [-0.2, -0.15) is 13.2 Å². The van der Waals surface area contributed by atoms with Gasteiger partial charge in [-0.15, -0.1) is 5.10 Å². The molecule has 1 aliphatic rings. The topological polar surface area (TPSA) is 83.7 Å². The SMILES string of the molecule is C[C@H](CO)N1C[C@H](C)[C@@H](CN(C)Cc2ccc(C(F)(F)F)cc2)OCc2cn(nn2)CCCC1=O. The van der Waals surface area contributed by atoms with Crippen molar-refractivity contribution >= 4 is 5.91 Å². The predicted octanol–water partition coefficient (Wildman–Crippen LogP) is 2.95. The van der Waals surface area contributed by atoms with Crippen LogP contribution in [0, 0.1) is 5.92 Å². The number of aliphatic hydroxyl groups is 1. The maximum absolute atomic E-state index is 12.9. The van der Waals surface area contributed by atoms with Crippen molar-refractivity contribution < 1.29 is 27.8 Å². The molecule has 1 amide bonds. The van der Waals surface area contributed by atoms with E-state index in [4.69, 9.17) is 4.74 Å². The van der Waals surface area contributed by atoms with Crippen LogP contribution in [0.15, 0.2) is 30.5 Å². The number of hydrogen-bond acceptors (Lipinski definition) is 6. The highest BCUT2D eigenvalue weighted by atomic mass is 19.4. The summed E-state index contributed by atoms with van der Waals surface area (Å²) in [6.45, 7) is 5.85. The Bertz CT molecular complexity index is 951. The number of rotatable bonds is 6. The molecule has 0 aliphatic carbocycles. The van der Waals surface area contributed by atoms with Crippen LogP contribution >= 0.6 is 0 Å². The first-order chi connectivity index (χ1) is 16.6. The van der Waals surface area contributed by atoms with Crippen LogP contribution in [0.1, 0.15) is 43.5 Å². The van der Waals surface area contributed by atoms with Gasteiger partial charge in [0, 0.05) is 38.5 Å². The third-order valence-electron chi connectivity index (χ3n) is 6.27. The Labute approximate surface area is 203 Å². The number of amides is 1. The van der Waals surface area contributed by atoms with Crippen molar-refractivity contribution in [2.24, 2.45) is 5.92 Å². The van der Waals surface area contributed by atoms with Crippen molar-refractivity contribution in [2.75, 3.05) is 26.7 Å². The van der Waals surface area contributed by atoms with E-state index in [1.165, 1.54) is 12.1 Å². The number of fused-ring (bicyclic) bond motifs is 2. The molecule has 35 heavy (non-hydrogen) atoms. The lowest BCUT2D eigenvalue weighted by atomic mass is 10.0. The first kappa shape index (κ1) is 27.1. The summed E-state index contributed by atoms with van der Waals surface area (Å²) in [5, 5.41) is 18.0. The molecular formula is C24H34F3N5O3. The molecule has 2 bridgehead atoms. The first-order valence-corrected chi connectivity index (χ1v) is 11.8. The van der Waals surface area contributed by atoms with Gasteiger partial charge >= 0.3 is 6.18 Å². The number of likely N-dealkylation sites (N-methyl/N-ethyl adjacent to an activating group) is 1. The van der Waals surface area contributed by atoms with Gasteiger partial charge in [-0.05, 0) is 38.1 Å². The summed E-state index contributed by atoms with van der Waals surface area (Å²) in [5.41, 5.74) is 0.775. The highest BCUT2D eigenvalue weighted by Gasteiger charge is 2.30. The monoisotopic (exact) mass is 497 g/mol. The number of aromatic nitrogens is 3. The van der Waals surface area contributed by atoms with E-state index in [1.54, 1.807) is 9.58 Å². The van der Waals surface area contributed by atoms with E-state index in [1.807, 2.05) is 32.0 Å². The molecule has 194 valence electrons. The number of nitrogens with zero attached hydrogens (tertiary/aromatic N) is 5. The number of carbonyl (C=O) groups excluding carboxylic acids is 1. The molecule has 3 rings (SSSR count). The average molecular weight is 498 g/mol. The number of ether oxygens (including phenoxy) is 1. The summed E-state index contributed by atoms with van der Waals surface area (Å²) >= 11 is 0. The number of alkyl halides is 3. The van der Waals surface area contributed by atoms with E-state index in [9.17, 15) is 23.1 Å². The first-order valence-electron chi connectivity index (χ1n) is 11.8. The molecule has 0 saturated heterocycles. The Morgan fingerprint density at radius 3 is 2.66 bits per heavy atom. The molecule has 0 fully saturated rings. The van der Waals surface area contributed by atoms with Crippen LogP contribution in [0.25, 0.3) is 0 Å². The number of benzene rings is 1. The molecule has 0 unspecified atom stereocenters. The molecule has 11 heteroatoms. The van der Waals surface area contributed by atoms with Crippen LogP contribution in [-0.2, 0) is 35.4 Å². The molecule has 1 aromatic heterocycles. The van der Waals surface area contributed by atoms with Crippen molar-refractivity contribution in [3.8, 4) is 0 Å². The van der Waals surface area contributed by atoms with E-state index in [0.717, 1.165) is 17.7 Å². The van der Waals surface area contributed by atoms with Crippen LogP contribution in [0.5, 0.6) is 0 Å². The van der Waals surface area contributed by atoms with Crippen LogP contribution in [0.2, 0.25) is 0 Å². The Morgan fingerprint density at radius 2 is 2.00 bits per heavy atom. The zero-order valence-electron chi connectivity index (χ0n) is 20.4. The highest BCUT2D eigenvalue weighted by Crippen LogP contribution is 2.29. The van der Waals surface area contributed by atoms with E-state index in [2.05, 4.69) is 10.3 Å². The zero-order valence-corrected chi connectivity index (χ0v) is 20.4. The molecular weight excluding hydrogens is 463 g/mol. The third kappa shape index (κ3) is 7.74. The standard InChI is InChI=1S/C24H34F3N5O3/c1-17-11-32(18(2)15-33)23(34)5-4-10-31-13-21(28-29-31)16-35-22(17)14-30(3)12-19-6-8-20(9-7-19)24(25,26)27/h6-9,13,17-18,22,33H,4-5,10-12,14-16H2,1-3H3/t17-,18+,22+/m0/s1. The summed E-state index contributed by atoms with van der Waals surface area (Å²) in [6, 6.07) is 4.82. The van der Waals surface area contributed by atoms with Crippen LogP contribution in [-0.4, -0.2) is 74.7 Å². The molecule has 2 aromatic rings. The molecule has 0 saturated carbocycles. The van der Waals surface area contributed by atoms with E-state index < -0.39 is 11.7 Å². The minimum Gasteiger partial charge on any atom is -0.394 e. The fourth-order valence-electron chi connectivity index (χ4n) is 4.18. The lowest BCUT2D eigenvalue weighted by Gasteiger charge is -2.35. The Balaban J connectivity index is 1.74. The van der Waals surface area contributed by atoms with Crippen molar-refractivity contribution in [1.29, 1.82) is 0 Å². The average Bonchev–Trinajstić information content (AvgIpc) is 3.26. The van der Waals surface area contributed by atoms with Crippen molar-refractivity contribution in [3.05, 3.63) is 47.3 Å². The maximum atomic E-state index is 12.9. The van der Waals surface area contributed by atoms with Gasteiger partial charge in [0.1, 0.15) is 5.69 Å². The van der Waals surface area contributed by atoms with E-state index in [0.29, 0.717) is 44.7 Å². The molecule has 0 spiro atoms. The fraction of sp³-hybridized carbons (Fsp3) is 0.625. The lowest BCUT2D eigenvalue weighted by molar-refractivity contribution is -0.137. The van der Waals surface area contributed by atoms with Gasteiger partial charge in [0.25, 0.3) is 0 Å². The second kappa shape index (κ2) is 12.0. The second-order valence-corrected chi connectivity index (χ2v) is 9.37. The maximum Gasteiger partial charge on any atom is 0.416 e. The summed E-state index contributed by atoms with van der Waals surface area (Å²) in [5.74, 6) is -0.103. The second-order valence-electron chi connectivity index (χ2n) is 9.37. The Hall–Kier alpha value is -2.50. The summed E-state index contributed by atoms with van der Waals surface area (Å²) in [7, 11) is 1.88. The molecule has 2 heterocycles. The van der Waals surface area contributed by atoms with Crippen molar-refractivity contribution in [3.63, 3.8) is 0 Å². The van der Waals surface area contributed by atoms with Crippen molar-refractivity contribution in [1.82, 2.24) is 24.8 Å². The lowest BCUT2D eigenvalue weighted by Crippen LogP contribution is -2.47. The van der Waals surface area contributed by atoms with E-state index >= 15 is 0 Å². The van der Waals surface area contributed by atoms with Gasteiger partial charge in [0.15, 0.2) is 0 Å². The molecule has 1 aliphatic heterocycles. The number of carbonyl (C=O) groups is 1. The van der Waals surface area contributed by atoms with Gasteiger partial charge in [-0.1, -0.05) is 24.3 Å². The van der Waals surface area contributed by atoms with Gasteiger partial charge in [-0.25, -0.2) is 0 Å². The van der Waals surface area contributed by atoms with Gasteiger partial charge in [0.2, 0.25) is 5.91 Å². The Kier molecular flexibility index (Phi) is 9.26. The largest absolute Gasteiger partial charge is 0.416 e. The number of aliphatic hydroxyl groups excluding tert-OH is 1. The summed E-state index contributed by atoms with van der Waals surface area (Å²) in [4.78, 5) is 16.6. The minimum absolute atomic E-state index is 0.0326. The zero-order chi connectivity index (χ0) is 25.6. The smallest absolute Gasteiger partial charge is 0.394 e. The predicted molar refractivity (Wildman–Crippen MR) is 123 cm³/mol. The molecule has 0 radical (unpaired) electrons. The van der Waals surface area contributed by atoms with E-state index in [-0.39, 0.29) is 37.2 Å². The summed E-state index contributed by atoms with van der Waals surface area (Å²) in [6.07, 6.45) is -1.89. The van der Waals surface area contributed by atoms with Crippen LogP contribution in [0.4, 0.5) is 13.2 Å². The number of halogens is 3. The van der Waals surface area contributed by atoms with Crippen LogP contribution in [0.3, 0.4) is 0 Å². The minimum atomic E-state index is -4.36. The molecule has 8 nitrogen and oxygen atoms in total. The van der Waals surface area contributed by atoms with Gasteiger partial charge in [-0.3, -0.25) is 14.4 Å². The highest BCUT2D eigenvalue weighted by molar-refractivity contribution is 5.76. The van der Waals surface area contributed by atoms with Gasteiger partial charge < -0.3 is 14.7 Å². The molecule has 3 atom stereocenters. The normalized spacial score (nSPS) is 21.4. The van der Waals surface area contributed by atoms with Gasteiger partial charge in [0.05, 0.1) is 37.1 Å². The number of aryl methyl sites for hydroxylation is 1. The Morgan fingerprint density at radius 1 is 1.29 bits per heavy atom. The molecule has 1 aromatic carbocycles. The quantitative estimate of drug-likeness (QED) is 0.661. The van der Waals surface area contributed by atoms with Crippen molar-refractivity contribution in [2.45, 2.75) is 64.7 Å². The fourth-order valence-corrected chi connectivity index (χ4v) is 4.18. The van der Waals surface area contributed by atoms with Crippen LogP contribution < -0.4 is 0 Å². The molecule has 1 N–H and O–H groups in total.